The van der Waals surface area contributed by atoms with Crippen LogP contribution in [-0.2, 0) is 9.53 Å². The van der Waals surface area contributed by atoms with Gasteiger partial charge in [-0.1, -0.05) is 24.3 Å². The fourth-order valence-corrected chi connectivity index (χ4v) is 2.38. The maximum atomic E-state index is 13.1. The highest BCUT2D eigenvalue weighted by molar-refractivity contribution is 6.33. The van der Waals surface area contributed by atoms with Crippen LogP contribution in [0.1, 0.15) is 17.3 Å². The molecule has 1 N–H and O–H groups in total. The molecule has 0 aromatic heterocycles. The van der Waals surface area contributed by atoms with E-state index in [1.165, 1.54) is 32.2 Å². The lowest BCUT2D eigenvalue weighted by Crippen LogP contribution is -2.30. The highest BCUT2D eigenvalue weighted by atomic mass is 35.5. The van der Waals surface area contributed by atoms with E-state index in [0.29, 0.717) is 11.5 Å². The SMILES string of the molecule is C=CCOc1ccc(C(=O)O[C@@H](C)C(=O)Nc2ccc(F)cc2Cl)cc1OC. The van der Waals surface area contributed by atoms with E-state index in [4.69, 9.17) is 25.8 Å². The van der Waals surface area contributed by atoms with Gasteiger partial charge in [-0.3, -0.25) is 4.79 Å². The lowest BCUT2D eigenvalue weighted by atomic mass is 10.2. The molecule has 0 saturated carbocycles. The Morgan fingerprint density at radius 1 is 1.25 bits per heavy atom. The van der Waals surface area contributed by atoms with Gasteiger partial charge in [0.25, 0.3) is 5.91 Å². The molecule has 1 amide bonds. The van der Waals surface area contributed by atoms with E-state index in [1.807, 2.05) is 0 Å². The maximum absolute atomic E-state index is 13.1. The third-order valence-electron chi connectivity index (χ3n) is 3.60. The molecule has 0 aliphatic rings. The fourth-order valence-electron chi connectivity index (χ4n) is 2.17. The van der Waals surface area contributed by atoms with Gasteiger partial charge in [0, 0.05) is 0 Å². The average molecular weight is 408 g/mol. The molecule has 0 radical (unpaired) electrons. The molecule has 2 rings (SSSR count). The van der Waals surface area contributed by atoms with Crippen molar-refractivity contribution in [2.24, 2.45) is 0 Å². The number of carbonyl (C=O) groups excluding carboxylic acids is 2. The first-order valence-electron chi connectivity index (χ1n) is 8.24. The zero-order valence-electron chi connectivity index (χ0n) is 15.3. The summed E-state index contributed by atoms with van der Waals surface area (Å²) in [6.07, 6.45) is 0.464. The van der Waals surface area contributed by atoms with Crippen LogP contribution >= 0.6 is 11.6 Å². The first-order valence-corrected chi connectivity index (χ1v) is 8.62. The summed E-state index contributed by atoms with van der Waals surface area (Å²) in [5.41, 5.74) is 0.392. The van der Waals surface area contributed by atoms with Gasteiger partial charge in [-0.25, -0.2) is 9.18 Å². The van der Waals surface area contributed by atoms with Gasteiger partial charge in [0.1, 0.15) is 12.4 Å². The summed E-state index contributed by atoms with van der Waals surface area (Å²) in [6, 6.07) is 8.03. The van der Waals surface area contributed by atoms with E-state index >= 15 is 0 Å². The second kappa shape index (κ2) is 9.75. The zero-order valence-corrected chi connectivity index (χ0v) is 16.1. The average Bonchev–Trinajstić information content (AvgIpc) is 2.68. The van der Waals surface area contributed by atoms with Crippen molar-refractivity contribution in [3.63, 3.8) is 0 Å². The molecule has 2 aromatic rings. The lowest BCUT2D eigenvalue weighted by molar-refractivity contribution is -0.123. The monoisotopic (exact) mass is 407 g/mol. The molecule has 0 heterocycles. The van der Waals surface area contributed by atoms with Crippen LogP contribution in [0, 0.1) is 5.82 Å². The van der Waals surface area contributed by atoms with E-state index in [2.05, 4.69) is 11.9 Å². The normalized spacial score (nSPS) is 11.3. The largest absolute Gasteiger partial charge is 0.493 e. The fraction of sp³-hybridized carbons (Fsp3) is 0.200. The van der Waals surface area contributed by atoms with Gasteiger partial charge >= 0.3 is 5.97 Å². The van der Waals surface area contributed by atoms with Crippen molar-refractivity contribution >= 4 is 29.2 Å². The highest BCUT2D eigenvalue weighted by Gasteiger charge is 2.21. The number of anilines is 1. The number of benzene rings is 2. The maximum Gasteiger partial charge on any atom is 0.339 e. The second-order valence-electron chi connectivity index (χ2n) is 5.63. The molecule has 1 atom stereocenters. The standard InChI is InChI=1S/C20H19ClFNO5/c1-4-9-27-17-8-5-13(10-18(17)26-3)20(25)28-12(2)19(24)23-16-7-6-14(22)11-15(16)21/h4-8,10-12H,1,9H2,2-3H3,(H,23,24)/t12-/m0/s1. The molecule has 0 saturated heterocycles. The molecule has 0 aliphatic carbocycles. The molecule has 0 unspecified atom stereocenters. The molecule has 0 aliphatic heterocycles. The molecule has 0 spiro atoms. The number of ether oxygens (including phenoxy) is 3. The smallest absolute Gasteiger partial charge is 0.339 e. The summed E-state index contributed by atoms with van der Waals surface area (Å²) in [5.74, 6) is -1.08. The van der Waals surface area contributed by atoms with E-state index < -0.39 is 23.8 Å². The predicted octanol–water partition coefficient (Wildman–Crippen LogP) is 4.24. The third kappa shape index (κ3) is 5.47. The van der Waals surface area contributed by atoms with Crippen molar-refractivity contribution in [3.8, 4) is 11.5 Å². The Balaban J connectivity index is 2.04. The summed E-state index contributed by atoms with van der Waals surface area (Å²) in [5, 5.41) is 2.51. The summed E-state index contributed by atoms with van der Waals surface area (Å²) in [6.45, 7) is 5.25. The van der Waals surface area contributed by atoms with Crippen LogP contribution < -0.4 is 14.8 Å². The number of carbonyl (C=O) groups is 2. The third-order valence-corrected chi connectivity index (χ3v) is 3.91. The first kappa shape index (κ1) is 21.2. The van der Waals surface area contributed by atoms with Crippen LogP contribution in [0.5, 0.6) is 11.5 Å². The minimum Gasteiger partial charge on any atom is -0.493 e. The number of rotatable bonds is 8. The number of methoxy groups -OCH3 is 1. The summed E-state index contributed by atoms with van der Waals surface area (Å²) < 4.78 is 28.9. The summed E-state index contributed by atoms with van der Waals surface area (Å²) in [7, 11) is 1.44. The van der Waals surface area contributed by atoms with Gasteiger partial charge in [-0.05, 0) is 43.3 Å². The number of hydrogen-bond acceptors (Lipinski definition) is 5. The van der Waals surface area contributed by atoms with Crippen molar-refractivity contribution in [2.75, 3.05) is 19.0 Å². The van der Waals surface area contributed by atoms with E-state index in [-0.39, 0.29) is 22.9 Å². The first-order chi connectivity index (χ1) is 13.3. The van der Waals surface area contributed by atoms with Gasteiger partial charge in [-0.2, -0.15) is 0 Å². The minimum atomic E-state index is -1.11. The number of nitrogens with one attached hydrogen (secondary N) is 1. The van der Waals surface area contributed by atoms with Crippen molar-refractivity contribution < 1.29 is 28.2 Å². The predicted molar refractivity (Wildman–Crippen MR) is 104 cm³/mol. The Hall–Kier alpha value is -3.06. The van der Waals surface area contributed by atoms with Crippen LogP contribution in [0.4, 0.5) is 10.1 Å². The highest BCUT2D eigenvalue weighted by Crippen LogP contribution is 2.28. The number of halogens is 2. The molecule has 0 bridgehead atoms. The van der Waals surface area contributed by atoms with Crippen molar-refractivity contribution in [1.82, 2.24) is 0 Å². The number of hydrogen-bond donors (Lipinski definition) is 1. The van der Waals surface area contributed by atoms with Gasteiger partial charge < -0.3 is 19.5 Å². The minimum absolute atomic E-state index is 0.0340. The van der Waals surface area contributed by atoms with Gasteiger partial charge in [0.15, 0.2) is 17.6 Å². The number of amides is 1. The van der Waals surface area contributed by atoms with E-state index in [1.54, 1.807) is 12.1 Å². The molecule has 8 heteroatoms. The molecule has 148 valence electrons. The topological polar surface area (TPSA) is 73.9 Å². The van der Waals surface area contributed by atoms with Crippen LogP contribution in [0.25, 0.3) is 0 Å². The lowest BCUT2D eigenvalue weighted by Gasteiger charge is -2.15. The molecular formula is C20H19ClFNO5. The molecule has 28 heavy (non-hydrogen) atoms. The molecular weight excluding hydrogens is 389 g/mol. The van der Waals surface area contributed by atoms with Crippen LogP contribution in [0.3, 0.4) is 0 Å². The zero-order chi connectivity index (χ0) is 20.7. The van der Waals surface area contributed by atoms with Gasteiger partial charge in [0.05, 0.1) is 23.4 Å². The van der Waals surface area contributed by atoms with Gasteiger partial charge in [0.2, 0.25) is 0 Å². The number of esters is 1. The Morgan fingerprint density at radius 3 is 2.64 bits per heavy atom. The van der Waals surface area contributed by atoms with Crippen LogP contribution in [0.2, 0.25) is 5.02 Å². The Bertz CT molecular complexity index is 887. The second-order valence-corrected chi connectivity index (χ2v) is 6.03. The molecule has 0 fully saturated rings. The van der Waals surface area contributed by atoms with Crippen molar-refractivity contribution in [1.29, 1.82) is 0 Å². The quantitative estimate of drug-likeness (QED) is 0.523. The summed E-state index contributed by atoms with van der Waals surface area (Å²) >= 11 is 5.87. The molecule has 6 nitrogen and oxygen atoms in total. The van der Waals surface area contributed by atoms with Crippen molar-refractivity contribution in [2.45, 2.75) is 13.0 Å². The van der Waals surface area contributed by atoms with Gasteiger partial charge in [-0.15, -0.1) is 0 Å². The van der Waals surface area contributed by atoms with Crippen molar-refractivity contribution in [3.05, 3.63) is 65.5 Å². The van der Waals surface area contributed by atoms with Crippen LogP contribution in [-0.4, -0.2) is 31.7 Å². The Morgan fingerprint density at radius 2 is 2.00 bits per heavy atom. The van der Waals surface area contributed by atoms with E-state index in [0.717, 1.165) is 12.1 Å². The summed E-state index contributed by atoms with van der Waals surface area (Å²) in [4.78, 5) is 24.5. The Kier molecular flexibility index (Phi) is 7.40. The van der Waals surface area contributed by atoms with Crippen LogP contribution in [0.15, 0.2) is 49.1 Å². The Labute approximate surface area is 166 Å². The molecule has 2 aromatic carbocycles. The van der Waals surface area contributed by atoms with E-state index in [9.17, 15) is 14.0 Å².